The average Bonchev–Trinajstić information content (AvgIpc) is 3.79. The summed E-state index contributed by atoms with van der Waals surface area (Å²) in [5, 5.41) is 27.9. The first-order valence-electron chi connectivity index (χ1n) is 16.7. The number of benzene rings is 1. The molecule has 0 spiro atoms. The number of aromatic hydroxyl groups is 2. The monoisotopic (exact) mass is 632 g/mol. The maximum atomic E-state index is 10.3. The minimum absolute atomic E-state index is 0.132. The molecule has 9 heteroatoms. The van der Waals surface area contributed by atoms with E-state index in [1.54, 1.807) is 17.4 Å². The summed E-state index contributed by atoms with van der Waals surface area (Å²) in [6.07, 6.45) is 17.3. The van der Waals surface area contributed by atoms with E-state index in [0.717, 1.165) is 59.1 Å². The van der Waals surface area contributed by atoms with E-state index < -0.39 is 0 Å². The number of anilines is 2. The van der Waals surface area contributed by atoms with Crippen LogP contribution in [0.4, 0.5) is 11.6 Å². The van der Waals surface area contributed by atoms with Gasteiger partial charge >= 0.3 is 0 Å². The van der Waals surface area contributed by atoms with Crippen molar-refractivity contribution in [3.63, 3.8) is 0 Å². The number of pyridine rings is 2. The van der Waals surface area contributed by atoms with Gasteiger partial charge in [-0.1, -0.05) is 44.6 Å². The Morgan fingerprint density at radius 2 is 1.37 bits per heavy atom. The Morgan fingerprint density at radius 1 is 0.674 bits per heavy atom. The summed E-state index contributed by atoms with van der Waals surface area (Å²) in [5.41, 5.74) is 5.58. The van der Waals surface area contributed by atoms with Gasteiger partial charge in [-0.3, -0.25) is 8.80 Å². The number of aromatic nitrogens is 4. The van der Waals surface area contributed by atoms with Gasteiger partial charge in [-0.2, -0.15) is 0 Å². The fourth-order valence-corrected chi connectivity index (χ4v) is 8.23. The normalized spacial score (nSPS) is 16.3. The number of nitrogens with one attached hydrogen (secondary N) is 2. The molecule has 8 nitrogen and oxygen atoms in total. The molecule has 5 heterocycles. The highest BCUT2D eigenvalue weighted by molar-refractivity contribution is 7.15. The van der Waals surface area contributed by atoms with Crippen LogP contribution in [0.3, 0.4) is 0 Å². The Hall–Kier alpha value is -4.50. The standard InChI is InChI=1S/C37H40N6O2S/c44-29-16-14-25(23-30(29)45)34-36(38-26-9-3-1-4-10-26)43-20-18-24(22-33(43)41-34)21-28-15-17-31(46-28)35-37(39-27-11-5-2-6-12-27)42-19-8-7-13-32(42)40-35/h7-8,13-20,22-23,26-27,38-39,44-45H,1-6,9-12,21H2. The van der Waals surface area contributed by atoms with Gasteiger partial charge in [-0.15, -0.1) is 11.3 Å². The number of fused-ring (bicyclic) bond motifs is 2. The van der Waals surface area contributed by atoms with Gasteiger partial charge < -0.3 is 20.8 Å². The molecule has 8 rings (SSSR count). The van der Waals surface area contributed by atoms with Crippen LogP contribution in [0, 0.1) is 0 Å². The maximum Gasteiger partial charge on any atom is 0.158 e. The number of nitrogens with zero attached hydrogens (tertiary/aromatic N) is 4. The van der Waals surface area contributed by atoms with E-state index in [9.17, 15) is 10.2 Å². The predicted molar refractivity (Wildman–Crippen MR) is 186 cm³/mol. The van der Waals surface area contributed by atoms with Gasteiger partial charge in [0.1, 0.15) is 34.3 Å². The second-order valence-corrected chi connectivity index (χ2v) is 14.1. The molecule has 236 valence electrons. The third kappa shape index (κ3) is 5.68. The number of imidazole rings is 2. The van der Waals surface area contributed by atoms with Crippen molar-refractivity contribution < 1.29 is 10.2 Å². The summed E-state index contributed by atoms with van der Waals surface area (Å²) in [7, 11) is 0. The van der Waals surface area contributed by atoms with Crippen molar-refractivity contribution in [2.24, 2.45) is 0 Å². The van der Waals surface area contributed by atoms with Crippen LogP contribution < -0.4 is 10.6 Å². The van der Waals surface area contributed by atoms with Crippen LogP contribution in [0.5, 0.6) is 11.5 Å². The third-order valence-electron chi connectivity index (χ3n) is 9.63. The second-order valence-electron chi connectivity index (χ2n) is 12.9. The summed E-state index contributed by atoms with van der Waals surface area (Å²) in [4.78, 5) is 12.6. The molecular weight excluding hydrogens is 593 g/mol. The first kappa shape index (κ1) is 28.9. The quantitative estimate of drug-likeness (QED) is 0.125. The van der Waals surface area contributed by atoms with Crippen molar-refractivity contribution in [2.45, 2.75) is 82.7 Å². The highest BCUT2D eigenvalue weighted by Crippen LogP contribution is 2.38. The van der Waals surface area contributed by atoms with Crippen molar-refractivity contribution in [1.82, 2.24) is 18.8 Å². The van der Waals surface area contributed by atoms with Crippen molar-refractivity contribution in [3.05, 3.63) is 83.5 Å². The van der Waals surface area contributed by atoms with Crippen molar-refractivity contribution in [3.8, 4) is 33.3 Å². The highest BCUT2D eigenvalue weighted by atomic mass is 32.1. The number of hydrogen-bond acceptors (Lipinski definition) is 7. The van der Waals surface area contributed by atoms with E-state index in [-0.39, 0.29) is 11.5 Å². The SMILES string of the molecule is Oc1ccc(-c2nc3cc(Cc4ccc(-c5nc6ccccn6c5NC5CCCCC5)s4)ccn3c2NC2CCCCC2)cc1O. The van der Waals surface area contributed by atoms with Crippen molar-refractivity contribution >= 4 is 34.3 Å². The fraction of sp³-hybridized carbons (Fsp3) is 0.351. The lowest BCUT2D eigenvalue weighted by atomic mass is 9.95. The summed E-state index contributed by atoms with van der Waals surface area (Å²) in [5.74, 6) is 1.75. The lowest BCUT2D eigenvalue weighted by Gasteiger charge is -2.24. The van der Waals surface area contributed by atoms with E-state index in [0.29, 0.717) is 12.1 Å². The number of rotatable bonds is 8. The molecule has 5 aromatic heterocycles. The van der Waals surface area contributed by atoms with Crippen LogP contribution in [0.2, 0.25) is 0 Å². The Balaban J connectivity index is 1.10. The predicted octanol–water partition coefficient (Wildman–Crippen LogP) is 8.87. The van der Waals surface area contributed by atoms with Gasteiger partial charge in [-0.25, -0.2) is 9.97 Å². The zero-order valence-electron chi connectivity index (χ0n) is 26.0. The van der Waals surface area contributed by atoms with E-state index in [1.807, 2.05) is 12.1 Å². The minimum atomic E-state index is -0.143. The zero-order valence-corrected chi connectivity index (χ0v) is 26.8. The molecule has 0 unspecified atom stereocenters. The van der Waals surface area contributed by atoms with E-state index in [2.05, 4.69) is 68.2 Å². The number of hydrogen-bond donors (Lipinski definition) is 4. The second kappa shape index (κ2) is 12.4. The molecule has 2 fully saturated rings. The molecular formula is C37H40N6O2S. The summed E-state index contributed by atoms with van der Waals surface area (Å²) < 4.78 is 4.32. The summed E-state index contributed by atoms with van der Waals surface area (Å²) in [6, 6.07) is 20.8. The lowest BCUT2D eigenvalue weighted by molar-refractivity contribution is 0.404. The number of thiophene rings is 1. The maximum absolute atomic E-state index is 10.3. The van der Waals surface area contributed by atoms with Crippen LogP contribution in [0.1, 0.15) is 74.6 Å². The molecule has 0 atom stereocenters. The molecule has 0 saturated heterocycles. The zero-order chi connectivity index (χ0) is 31.0. The Bertz CT molecular complexity index is 2000. The van der Waals surface area contributed by atoms with Gasteiger partial charge in [0.2, 0.25) is 0 Å². The first-order chi connectivity index (χ1) is 22.6. The number of phenols is 2. The van der Waals surface area contributed by atoms with Gasteiger partial charge in [0.15, 0.2) is 11.5 Å². The Labute approximate surface area is 272 Å². The molecule has 1 aromatic carbocycles. The average molecular weight is 633 g/mol. The molecule has 2 saturated carbocycles. The van der Waals surface area contributed by atoms with Crippen molar-refractivity contribution in [2.75, 3.05) is 10.6 Å². The summed E-state index contributed by atoms with van der Waals surface area (Å²) >= 11 is 1.80. The topological polar surface area (TPSA) is 99.1 Å². The fourth-order valence-electron chi connectivity index (χ4n) is 7.19. The van der Waals surface area contributed by atoms with Gasteiger partial charge in [-0.05, 0) is 85.8 Å². The molecule has 4 N–H and O–H groups in total. The molecule has 2 aliphatic carbocycles. The molecule has 46 heavy (non-hydrogen) atoms. The smallest absolute Gasteiger partial charge is 0.158 e. The van der Waals surface area contributed by atoms with Crippen LogP contribution >= 0.6 is 11.3 Å². The molecule has 0 amide bonds. The van der Waals surface area contributed by atoms with Crippen LogP contribution in [0.25, 0.3) is 33.1 Å². The molecule has 2 aliphatic rings. The first-order valence-corrected chi connectivity index (χ1v) is 17.5. The number of phenolic OH excluding ortho intramolecular Hbond substituents is 2. The lowest BCUT2D eigenvalue weighted by Crippen LogP contribution is -2.23. The molecule has 0 radical (unpaired) electrons. The summed E-state index contributed by atoms with van der Waals surface area (Å²) in [6.45, 7) is 0. The third-order valence-corrected chi connectivity index (χ3v) is 10.7. The highest BCUT2D eigenvalue weighted by Gasteiger charge is 2.22. The Kier molecular flexibility index (Phi) is 7.78. The van der Waals surface area contributed by atoms with Crippen LogP contribution in [-0.4, -0.2) is 41.1 Å². The molecule has 0 bridgehead atoms. The minimum Gasteiger partial charge on any atom is -0.504 e. The molecule has 0 aliphatic heterocycles. The largest absolute Gasteiger partial charge is 0.504 e. The van der Waals surface area contributed by atoms with Gasteiger partial charge in [0.25, 0.3) is 0 Å². The Morgan fingerprint density at radius 3 is 2.11 bits per heavy atom. The van der Waals surface area contributed by atoms with E-state index in [4.69, 9.17) is 9.97 Å². The van der Waals surface area contributed by atoms with E-state index in [1.165, 1.54) is 72.8 Å². The van der Waals surface area contributed by atoms with E-state index >= 15 is 0 Å². The van der Waals surface area contributed by atoms with Gasteiger partial charge in [0, 0.05) is 41.3 Å². The van der Waals surface area contributed by atoms with Crippen LogP contribution in [0.15, 0.2) is 73.1 Å². The van der Waals surface area contributed by atoms with Crippen LogP contribution in [-0.2, 0) is 6.42 Å². The molecule has 6 aromatic rings. The van der Waals surface area contributed by atoms with Gasteiger partial charge in [0.05, 0.1) is 4.88 Å². The van der Waals surface area contributed by atoms with Crippen molar-refractivity contribution in [1.29, 1.82) is 0 Å².